The highest BCUT2D eigenvalue weighted by molar-refractivity contribution is 7.07. The zero-order valence-electron chi connectivity index (χ0n) is 21.0. The van der Waals surface area contributed by atoms with E-state index in [0.717, 1.165) is 30.6 Å². The van der Waals surface area contributed by atoms with E-state index in [4.69, 9.17) is 14.2 Å². The summed E-state index contributed by atoms with van der Waals surface area (Å²) in [5.74, 6) is 1.25. The molecule has 3 rings (SSSR count). The maximum Gasteiger partial charge on any atom is 0.333 e. The van der Waals surface area contributed by atoms with Gasteiger partial charge in [0.2, 0.25) is 5.91 Å². The molecule has 1 aliphatic carbocycles. The first-order valence-corrected chi connectivity index (χ1v) is 12.7. The van der Waals surface area contributed by atoms with Crippen LogP contribution in [0.15, 0.2) is 23.0 Å². The standard InChI is InChI=1S/C26H34N2O6S/c1-6-34-25(30)14-24-28(15-23(29)27-20-9-7-8-16(2)17(20)3)26(31)22(35-24)12-18-10-11-19(32-4)13-21(18)33-5/h10-14,16-17,20H,6-9,15H2,1-5H3,(H,27,29)/b22-12-,24-14-/t16-,17-,20+/m0/s1. The summed E-state index contributed by atoms with van der Waals surface area (Å²) in [6.45, 7) is 6.11. The van der Waals surface area contributed by atoms with Gasteiger partial charge in [-0.3, -0.25) is 14.2 Å². The van der Waals surface area contributed by atoms with Crippen LogP contribution in [0, 0.1) is 11.8 Å². The van der Waals surface area contributed by atoms with Crippen LogP contribution in [0.5, 0.6) is 11.5 Å². The summed E-state index contributed by atoms with van der Waals surface area (Å²) in [6.07, 6.45) is 6.10. The van der Waals surface area contributed by atoms with Crippen LogP contribution in [0.4, 0.5) is 0 Å². The highest BCUT2D eigenvalue weighted by Crippen LogP contribution is 2.29. The van der Waals surface area contributed by atoms with Gasteiger partial charge in [0.25, 0.3) is 5.56 Å². The lowest BCUT2D eigenvalue weighted by molar-refractivity contribution is -0.135. The number of amides is 1. The molecule has 35 heavy (non-hydrogen) atoms. The Morgan fingerprint density at radius 1 is 1.20 bits per heavy atom. The number of hydrogen-bond acceptors (Lipinski definition) is 7. The smallest absolute Gasteiger partial charge is 0.333 e. The van der Waals surface area contributed by atoms with Crippen LogP contribution in [-0.4, -0.2) is 43.3 Å². The van der Waals surface area contributed by atoms with Crippen molar-refractivity contribution < 1.29 is 23.8 Å². The van der Waals surface area contributed by atoms with Gasteiger partial charge in [0, 0.05) is 17.7 Å². The van der Waals surface area contributed by atoms with Gasteiger partial charge in [-0.2, -0.15) is 0 Å². The van der Waals surface area contributed by atoms with Gasteiger partial charge in [0.1, 0.15) is 22.7 Å². The molecule has 1 aromatic heterocycles. The average molecular weight is 503 g/mol. The van der Waals surface area contributed by atoms with Crippen LogP contribution in [-0.2, 0) is 20.9 Å². The van der Waals surface area contributed by atoms with Crippen LogP contribution in [0.1, 0.15) is 45.6 Å². The van der Waals surface area contributed by atoms with Gasteiger partial charge in [-0.05, 0) is 43.4 Å². The summed E-state index contributed by atoms with van der Waals surface area (Å²) in [6, 6.07) is 5.36. The summed E-state index contributed by atoms with van der Waals surface area (Å²) in [5, 5.41) is 3.10. The van der Waals surface area contributed by atoms with E-state index in [9.17, 15) is 14.4 Å². The molecule has 9 heteroatoms. The topological polar surface area (TPSA) is 95.9 Å². The number of esters is 1. The van der Waals surface area contributed by atoms with Gasteiger partial charge in [-0.25, -0.2) is 4.79 Å². The Labute approximate surface area is 209 Å². The molecule has 0 bridgehead atoms. The van der Waals surface area contributed by atoms with Gasteiger partial charge in [0.05, 0.1) is 31.4 Å². The maximum absolute atomic E-state index is 13.3. The van der Waals surface area contributed by atoms with Crippen LogP contribution in [0.2, 0.25) is 0 Å². The zero-order chi connectivity index (χ0) is 25.5. The second-order valence-corrected chi connectivity index (χ2v) is 9.85. The van der Waals surface area contributed by atoms with Crippen molar-refractivity contribution in [1.82, 2.24) is 9.88 Å². The molecule has 190 valence electrons. The number of nitrogens with one attached hydrogen (secondary N) is 1. The van der Waals surface area contributed by atoms with E-state index in [2.05, 4.69) is 19.2 Å². The third-order valence-electron chi connectivity index (χ3n) is 6.55. The highest BCUT2D eigenvalue weighted by Gasteiger charge is 2.28. The molecule has 1 heterocycles. The minimum absolute atomic E-state index is 0.0765. The van der Waals surface area contributed by atoms with Crippen molar-refractivity contribution in [3.8, 4) is 11.5 Å². The van der Waals surface area contributed by atoms with Gasteiger partial charge in [-0.1, -0.05) is 26.7 Å². The summed E-state index contributed by atoms with van der Waals surface area (Å²) in [5.41, 5.74) is 0.319. The van der Waals surface area contributed by atoms with Crippen LogP contribution in [0.25, 0.3) is 12.2 Å². The Bertz CT molecular complexity index is 1230. The number of carbonyl (C=O) groups is 2. The van der Waals surface area contributed by atoms with Gasteiger partial charge in [0.15, 0.2) is 0 Å². The molecule has 1 amide bonds. The number of aromatic nitrogens is 1. The maximum atomic E-state index is 13.3. The Kier molecular flexibility index (Phi) is 9.14. The number of hydrogen-bond donors (Lipinski definition) is 1. The number of nitrogens with zero attached hydrogens (tertiary/aromatic N) is 1. The number of carbonyl (C=O) groups excluding carboxylic acids is 2. The predicted molar refractivity (Wildman–Crippen MR) is 136 cm³/mol. The number of thiazole rings is 1. The van der Waals surface area contributed by atoms with Crippen molar-refractivity contribution in [2.24, 2.45) is 11.8 Å². The summed E-state index contributed by atoms with van der Waals surface area (Å²) >= 11 is 1.13. The minimum Gasteiger partial charge on any atom is -0.497 e. The number of benzene rings is 1. The summed E-state index contributed by atoms with van der Waals surface area (Å²) in [4.78, 5) is 38.4. The first-order valence-electron chi connectivity index (χ1n) is 11.9. The lowest BCUT2D eigenvalue weighted by Crippen LogP contribution is -2.46. The third kappa shape index (κ3) is 6.54. The monoisotopic (exact) mass is 502 g/mol. The lowest BCUT2D eigenvalue weighted by Gasteiger charge is -2.34. The van der Waals surface area contributed by atoms with Crippen LogP contribution < -0.4 is 29.5 Å². The Morgan fingerprint density at radius 2 is 1.97 bits per heavy atom. The van der Waals surface area contributed by atoms with Crippen LogP contribution >= 0.6 is 11.3 Å². The first-order chi connectivity index (χ1) is 16.8. The van der Waals surface area contributed by atoms with Crippen molar-refractivity contribution in [3.63, 3.8) is 0 Å². The van der Waals surface area contributed by atoms with Crippen molar-refractivity contribution in [2.75, 3.05) is 20.8 Å². The zero-order valence-corrected chi connectivity index (χ0v) is 21.8. The highest BCUT2D eigenvalue weighted by atomic mass is 32.1. The molecule has 1 saturated carbocycles. The van der Waals surface area contributed by atoms with Gasteiger partial charge < -0.3 is 19.5 Å². The van der Waals surface area contributed by atoms with E-state index in [1.807, 2.05) is 0 Å². The number of rotatable bonds is 8. The van der Waals surface area contributed by atoms with E-state index < -0.39 is 5.97 Å². The summed E-state index contributed by atoms with van der Waals surface area (Å²) in [7, 11) is 3.10. The molecule has 1 fully saturated rings. The SMILES string of the molecule is CCOC(=O)/C=c1\s/c(=C\c2ccc(OC)cc2OC)c(=O)n1CC(=O)N[C@@H]1CCC[C@H](C)[C@@H]1C. The van der Waals surface area contributed by atoms with Crippen molar-refractivity contribution in [2.45, 2.75) is 52.6 Å². The lowest BCUT2D eigenvalue weighted by atomic mass is 9.78. The Balaban J connectivity index is 1.99. The molecular weight excluding hydrogens is 468 g/mol. The van der Waals surface area contributed by atoms with E-state index >= 15 is 0 Å². The third-order valence-corrected chi connectivity index (χ3v) is 7.61. The normalized spacial score (nSPS) is 21.0. The van der Waals surface area contributed by atoms with E-state index in [1.54, 1.807) is 38.3 Å². The molecular formula is C26H34N2O6S. The van der Waals surface area contributed by atoms with Crippen LogP contribution in [0.3, 0.4) is 0 Å². The molecule has 0 unspecified atom stereocenters. The number of ether oxygens (including phenoxy) is 3. The molecule has 1 aliphatic rings. The fourth-order valence-electron chi connectivity index (χ4n) is 4.34. The first kappa shape index (κ1) is 26.5. The molecule has 0 radical (unpaired) electrons. The average Bonchev–Trinajstić information content (AvgIpc) is 3.11. The van der Waals surface area contributed by atoms with E-state index in [-0.39, 0.29) is 30.7 Å². The molecule has 0 aliphatic heterocycles. The Hall–Kier alpha value is -3.07. The molecule has 3 atom stereocenters. The molecule has 0 saturated heterocycles. The van der Waals surface area contributed by atoms with Gasteiger partial charge in [-0.15, -0.1) is 11.3 Å². The molecule has 1 N–H and O–H groups in total. The fraction of sp³-hybridized carbons (Fsp3) is 0.500. The minimum atomic E-state index is -0.564. The van der Waals surface area contributed by atoms with Crippen molar-refractivity contribution >= 4 is 35.4 Å². The number of methoxy groups -OCH3 is 2. The quantitative estimate of drug-likeness (QED) is 0.555. The van der Waals surface area contributed by atoms with E-state index in [1.165, 1.54) is 17.8 Å². The van der Waals surface area contributed by atoms with Crippen molar-refractivity contribution in [3.05, 3.63) is 43.3 Å². The molecule has 0 spiro atoms. The van der Waals surface area contributed by atoms with E-state index in [0.29, 0.717) is 38.1 Å². The van der Waals surface area contributed by atoms with Gasteiger partial charge >= 0.3 is 5.97 Å². The summed E-state index contributed by atoms with van der Waals surface area (Å²) < 4.78 is 17.8. The van der Waals surface area contributed by atoms with Crippen molar-refractivity contribution in [1.29, 1.82) is 0 Å². The predicted octanol–water partition coefficient (Wildman–Crippen LogP) is 2.04. The second-order valence-electron chi connectivity index (χ2n) is 8.79. The molecule has 2 aromatic rings. The molecule has 1 aromatic carbocycles. The largest absolute Gasteiger partial charge is 0.497 e. The second kappa shape index (κ2) is 12.1. The Morgan fingerprint density at radius 3 is 2.66 bits per heavy atom. The fourth-order valence-corrected chi connectivity index (χ4v) is 5.36. The molecule has 8 nitrogen and oxygen atoms in total.